The molecule has 3 nitrogen and oxygen atoms in total. The van der Waals surface area contributed by atoms with Crippen molar-refractivity contribution in [2.45, 2.75) is 19.1 Å². The molecular formula is C16H14Cl2N2O. The molecule has 0 aliphatic heterocycles. The van der Waals surface area contributed by atoms with Gasteiger partial charge in [-0.15, -0.1) is 0 Å². The van der Waals surface area contributed by atoms with Gasteiger partial charge in [0.15, 0.2) is 0 Å². The van der Waals surface area contributed by atoms with E-state index in [0.717, 1.165) is 16.6 Å². The van der Waals surface area contributed by atoms with Gasteiger partial charge in [-0.25, -0.2) is 4.98 Å². The molecule has 0 saturated carbocycles. The number of nitrogens with zero attached hydrogens (tertiary/aromatic N) is 2. The summed E-state index contributed by atoms with van der Waals surface area (Å²) in [6.45, 7) is 0.446. The van der Waals surface area contributed by atoms with Gasteiger partial charge in [0.05, 0.1) is 30.0 Å². The summed E-state index contributed by atoms with van der Waals surface area (Å²) in [5.41, 5.74) is 2.69. The minimum atomic E-state index is -0.583. The summed E-state index contributed by atoms with van der Waals surface area (Å²) < 4.78 is 1.94. The zero-order valence-electron chi connectivity index (χ0n) is 11.2. The number of aliphatic hydroxyl groups excluding tert-OH is 1. The molecule has 2 aromatic carbocycles. The second-order valence-electron chi connectivity index (χ2n) is 4.94. The summed E-state index contributed by atoms with van der Waals surface area (Å²) in [6, 6.07) is 13.2. The molecule has 1 N–H and O–H groups in total. The highest BCUT2D eigenvalue weighted by Gasteiger charge is 2.13. The van der Waals surface area contributed by atoms with Gasteiger partial charge >= 0.3 is 0 Å². The molecule has 1 unspecified atom stereocenters. The number of aromatic nitrogens is 2. The van der Waals surface area contributed by atoms with Crippen molar-refractivity contribution in [2.24, 2.45) is 0 Å². The maximum absolute atomic E-state index is 10.3. The SMILES string of the molecule is OC(Cc1c(Cl)cccc1Cl)Cn1cnc2ccccc21. The van der Waals surface area contributed by atoms with Crippen molar-refractivity contribution in [3.8, 4) is 0 Å². The van der Waals surface area contributed by atoms with E-state index < -0.39 is 6.10 Å². The van der Waals surface area contributed by atoms with Gasteiger partial charge in [0, 0.05) is 16.5 Å². The van der Waals surface area contributed by atoms with Gasteiger partial charge in [0.2, 0.25) is 0 Å². The zero-order chi connectivity index (χ0) is 14.8. The van der Waals surface area contributed by atoms with E-state index in [4.69, 9.17) is 23.2 Å². The average molecular weight is 321 g/mol. The van der Waals surface area contributed by atoms with Gasteiger partial charge in [-0.3, -0.25) is 0 Å². The Morgan fingerprint density at radius 3 is 2.52 bits per heavy atom. The van der Waals surface area contributed by atoms with Crippen LogP contribution in [0, 0.1) is 0 Å². The number of imidazole rings is 1. The molecule has 0 aliphatic carbocycles. The number of benzene rings is 2. The summed E-state index contributed by atoms with van der Waals surface area (Å²) in [4.78, 5) is 4.31. The van der Waals surface area contributed by atoms with Crippen molar-refractivity contribution in [1.82, 2.24) is 9.55 Å². The third-order valence-corrected chi connectivity index (χ3v) is 4.14. The highest BCUT2D eigenvalue weighted by Crippen LogP contribution is 2.26. The first-order chi connectivity index (χ1) is 10.1. The topological polar surface area (TPSA) is 38.0 Å². The number of halogens is 2. The Labute approximate surface area is 132 Å². The molecule has 5 heteroatoms. The lowest BCUT2D eigenvalue weighted by molar-refractivity contribution is 0.155. The molecule has 0 spiro atoms. The fourth-order valence-corrected chi connectivity index (χ4v) is 2.96. The second-order valence-corrected chi connectivity index (χ2v) is 5.76. The number of hydrogen-bond donors (Lipinski definition) is 1. The molecule has 21 heavy (non-hydrogen) atoms. The first kappa shape index (κ1) is 14.4. The third kappa shape index (κ3) is 3.05. The van der Waals surface area contributed by atoms with Crippen LogP contribution in [0.1, 0.15) is 5.56 Å². The molecule has 0 fully saturated rings. The van der Waals surface area contributed by atoms with Crippen LogP contribution in [0.3, 0.4) is 0 Å². The van der Waals surface area contributed by atoms with Crippen LogP contribution < -0.4 is 0 Å². The Morgan fingerprint density at radius 2 is 1.76 bits per heavy atom. The molecule has 3 rings (SSSR count). The molecule has 0 aliphatic rings. The lowest BCUT2D eigenvalue weighted by Crippen LogP contribution is -2.18. The Bertz CT molecular complexity index is 750. The lowest BCUT2D eigenvalue weighted by Gasteiger charge is -2.14. The maximum Gasteiger partial charge on any atom is 0.0959 e. The van der Waals surface area contributed by atoms with Crippen LogP contribution >= 0.6 is 23.2 Å². The third-order valence-electron chi connectivity index (χ3n) is 3.44. The van der Waals surface area contributed by atoms with Crippen molar-refractivity contribution < 1.29 is 5.11 Å². The smallest absolute Gasteiger partial charge is 0.0959 e. The van der Waals surface area contributed by atoms with Crippen molar-refractivity contribution >= 4 is 34.2 Å². The van der Waals surface area contributed by atoms with Gasteiger partial charge in [0.1, 0.15) is 0 Å². The summed E-state index contributed by atoms with van der Waals surface area (Å²) in [6.07, 6.45) is 1.56. The van der Waals surface area contributed by atoms with Crippen molar-refractivity contribution in [3.63, 3.8) is 0 Å². The molecule has 1 heterocycles. The van der Waals surface area contributed by atoms with Crippen LogP contribution in [0.25, 0.3) is 11.0 Å². The van der Waals surface area contributed by atoms with E-state index in [1.165, 1.54) is 0 Å². The van der Waals surface area contributed by atoms with Crippen LogP contribution in [0.4, 0.5) is 0 Å². The van der Waals surface area contributed by atoms with E-state index >= 15 is 0 Å². The van der Waals surface area contributed by atoms with E-state index in [2.05, 4.69) is 4.98 Å². The molecule has 1 aromatic heterocycles. The normalized spacial score (nSPS) is 12.7. The van der Waals surface area contributed by atoms with Crippen LogP contribution in [0.15, 0.2) is 48.8 Å². The molecule has 108 valence electrons. The van der Waals surface area contributed by atoms with Crippen molar-refractivity contribution in [3.05, 3.63) is 64.4 Å². The highest BCUT2D eigenvalue weighted by atomic mass is 35.5. The highest BCUT2D eigenvalue weighted by molar-refractivity contribution is 6.36. The quantitative estimate of drug-likeness (QED) is 0.790. The van der Waals surface area contributed by atoms with Gasteiger partial charge in [-0.1, -0.05) is 41.4 Å². The number of fused-ring (bicyclic) bond motifs is 1. The number of aliphatic hydroxyl groups is 1. The van der Waals surface area contributed by atoms with E-state index in [1.807, 2.05) is 28.8 Å². The summed E-state index contributed by atoms with van der Waals surface area (Å²) in [7, 11) is 0. The molecule has 1 atom stereocenters. The predicted molar refractivity (Wildman–Crippen MR) is 85.9 cm³/mol. The van der Waals surface area contributed by atoms with Gasteiger partial charge in [0.25, 0.3) is 0 Å². The first-order valence-corrected chi connectivity index (χ1v) is 7.41. The Hall–Kier alpha value is -1.55. The van der Waals surface area contributed by atoms with Gasteiger partial charge in [-0.2, -0.15) is 0 Å². The van der Waals surface area contributed by atoms with Crippen LogP contribution in [-0.2, 0) is 13.0 Å². The van der Waals surface area contributed by atoms with Gasteiger partial charge < -0.3 is 9.67 Å². The average Bonchev–Trinajstić information content (AvgIpc) is 2.87. The molecule has 0 saturated heterocycles. The Kier molecular flexibility index (Phi) is 4.15. The second kappa shape index (κ2) is 6.06. The first-order valence-electron chi connectivity index (χ1n) is 6.66. The van der Waals surface area contributed by atoms with E-state index in [9.17, 15) is 5.11 Å². The number of hydrogen-bond acceptors (Lipinski definition) is 2. The molecule has 0 bridgehead atoms. The van der Waals surface area contributed by atoms with E-state index in [-0.39, 0.29) is 0 Å². The molecule has 0 amide bonds. The largest absolute Gasteiger partial charge is 0.391 e. The van der Waals surface area contributed by atoms with Gasteiger partial charge in [-0.05, 0) is 29.8 Å². The fraction of sp³-hybridized carbons (Fsp3) is 0.188. The minimum absolute atomic E-state index is 0.408. The zero-order valence-corrected chi connectivity index (χ0v) is 12.7. The molecule has 3 aromatic rings. The summed E-state index contributed by atoms with van der Waals surface area (Å²) >= 11 is 12.3. The Balaban J connectivity index is 1.79. The number of para-hydroxylation sites is 2. The minimum Gasteiger partial charge on any atom is -0.391 e. The van der Waals surface area contributed by atoms with Crippen molar-refractivity contribution in [1.29, 1.82) is 0 Å². The molecular weight excluding hydrogens is 307 g/mol. The van der Waals surface area contributed by atoms with Crippen LogP contribution in [0.2, 0.25) is 10.0 Å². The molecule has 0 radical (unpaired) electrons. The predicted octanol–water partition coefficient (Wildman–Crippen LogP) is 3.95. The monoisotopic (exact) mass is 320 g/mol. The van der Waals surface area contributed by atoms with E-state index in [0.29, 0.717) is 23.0 Å². The van der Waals surface area contributed by atoms with Crippen LogP contribution in [0.5, 0.6) is 0 Å². The fourth-order valence-electron chi connectivity index (χ4n) is 2.41. The lowest BCUT2D eigenvalue weighted by atomic mass is 10.1. The Morgan fingerprint density at radius 1 is 1.05 bits per heavy atom. The van der Waals surface area contributed by atoms with Crippen molar-refractivity contribution in [2.75, 3.05) is 0 Å². The maximum atomic E-state index is 10.3. The number of rotatable bonds is 4. The standard InChI is InChI=1S/C16H14Cl2N2O/c17-13-4-3-5-14(18)12(13)8-11(21)9-20-10-19-15-6-1-2-7-16(15)20/h1-7,10-11,21H,8-9H2. The van der Waals surface area contributed by atoms with Crippen LogP contribution in [-0.4, -0.2) is 20.8 Å². The summed E-state index contributed by atoms with van der Waals surface area (Å²) in [5.74, 6) is 0. The van der Waals surface area contributed by atoms with E-state index in [1.54, 1.807) is 24.5 Å². The summed E-state index contributed by atoms with van der Waals surface area (Å²) in [5, 5.41) is 11.5.